The van der Waals surface area contributed by atoms with Gasteiger partial charge in [0.25, 0.3) is 0 Å². The van der Waals surface area contributed by atoms with Crippen LogP contribution in [0.1, 0.15) is 31.2 Å². The molecule has 0 aromatic heterocycles. The van der Waals surface area contributed by atoms with Crippen LogP contribution in [0.5, 0.6) is 0 Å². The van der Waals surface area contributed by atoms with Crippen molar-refractivity contribution in [1.29, 1.82) is 0 Å². The minimum Gasteiger partial charge on any atom is -0.321 e. The summed E-state index contributed by atoms with van der Waals surface area (Å²) < 4.78 is 13.2. The normalized spacial score (nSPS) is 19.4. The molecule has 1 aromatic rings. The average molecular weight is 225 g/mol. The van der Waals surface area contributed by atoms with Crippen LogP contribution in [0, 0.1) is 5.82 Å². The fourth-order valence-electron chi connectivity index (χ4n) is 2.34. The molecule has 1 aromatic carbocycles. The Morgan fingerprint density at radius 1 is 1.33 bits per heavy atom. The largest absolute Gasteiger partial charge is 0.321 e. The molecule has 1 fully saturated rings. The fourth-order valence-corrected chi connectivity index (χ4v) is 3.03. The maximum Gasteiger partial charge on any atom is 0.123 e. The van der Waals surface area contributed by atoms with Gasteiger partial charge in [0, 0.05) is 10.4 Å². The van der Waals surface area contributed by atoms with Crippen molar-refractivity contribution in [2.45, 2.75) is 36.1 Å². The molecule has 0 heterocycles. The van der Waals surface area contributed by atoms with Crippen molar-refractivity contribution in [1.82, 2.24) is 0 Å². The van der Waals surface area contributed by atoms with Gasteiger partial charge in [-0.15, -0.1) is 11.8 Å². The lowest BCUT2D eigenvalue weighted by Crippen LogP contribution is -2.33. The predicted octanol–water partition coefficient (Wildman–Crippen LogP) is 3.28. The van der Waals surface area contributed by atoms with Crippen LogP contribution in [0.15, 0.2) is 23.1 Å². The Balaban J connectivity index is 2.44. The third kappa shape index (κ3) is 2.04. The zero-order valence-corrected chi connectivity index (χ0v) is 9.74. The van der Waals surface area contributed by atoms with Crippen molar-refractivity contribution >= 4 is 11.8 Å². The molecule has 0 spiro atoms. The number of hydrogen-bond acceptors (Lipinski definition) is 2. The van der Waals surface area contributed by atoms with E-state index in [9.17, 15) is 4.39 Å². The Kier molecular flexibility index (Phi) is 3.03. The van der Waals surface area contributed by atoms with E-state index in [0.29, 0.717) is 0 Å². The lowest BCUT2D eigenvalue weighted by molar-refractivity contribution is 0.449. The lowest BCUT2D eigenvalue weighted by atomic mass is 9.89. The molecule has 3 heteroatoms. The van der Waals surface area contributed by atoms with Crippen LogP contribution >= 0.6 is 11.8 Å². The highest BCUT2D eigenvalue weighted by Gasteiger charge is 2.33. The molecule has 0 unspecified atom stereocenters. The molecule has 0 radical (unpaired) electrons. The molecule has 1 aliphatic carbocycles. The number of thioether (sulfide) groups is 1. The third-order valence-electron chi connectivity index (χ3n) is 3.19. The highest BCUT2D eigenvalue weighted by Crippen LogP contribution is 2.40. The van der Waals surface area contributed by atoms with Crippen LogP contribution in [0.25, 0.3) is 0 Å². The van der Waals surface area contributed by atoms with Gasteiger partial charge in [-0.1, -0.05) is 12.8 Å². The summed E-state index contributed by atoms with van der Waals surface area (Å²) >= 11 is 1.64. The molecule has 0 saturated heterocycles. The summed E-state index contributed by atoms with van der Waals surface area (Å²) in [5.74, 6) is -0.181. The zero-order valence-electron chi connectivity index (χ0n) is 8.92. The third-order valence-corrected chi connectivity index (χ3v) is 3.99. The van der Waals surface area contributed by atoms with Crippen LogP contribution < -0.4 is 5.73 Å². The predicted molar refractivity (Wildman–Crippen MR) is 62.5 cm³/mol. The van der Waals surface area contributed by atoms with Crippen LogP contribution in [0.3, 0.4) is 0 Å². The molecule has 0 atom stereocenters. The first-order valence-electron chi connectivity index (χ1n) is 5.29. The molecule has 15 heavy (non-hydrogen) atoms. The Morgan fingerprint density at radius 3 is 2.60 bits per heavy atom. The molecular formula is C12H16FNS. The molecular weight excluding hydrogens is 209 g/mol. The summed E-state index contributed by atoms with van der Waals surface area (Å²) in [6, 6.07) is 4.95. The van der Waals surface area contributed by atoms with E-state index in [-0.39, 0.29) is 11.4 Å². The van der Waals surface area contributed by atoms with Crippen LogP contribution in [-0.4, -0.2) is 6.26 Å². The molecule has 0 bridgehead atoms. The van der Waals surface area contributed by atoms with E-state index in [0.717, 1.165) is 36.1 Å². The lowest BCUT2D eigenvalue weighted by Gasteiger charge is -2.26. The van der Waals surface area contributed by atoms with Gasteiger partial charge in [0.15, 0.2) is 0 Å². The Morgan fingerprint density at radius 2 is 2.00 bits per heavy atom. The van der Waals surface area contributed by atoms with Gasteiger partial charge in [0.1, 0.15) is 5.82 Å². The highest BCUT2D eigenvalue weighted by molar-refractivity contribution is 7.98. The second-order valence-corrected chi connectivity index (χ2v) is 5.06. The smallest absolute Gasteiger partial charge is 0.123 e. The molecule has 0 aliphatic heterocycles. The molecule has 1 saturated carbocycles. The quantitative estimate of drug-likeness (QED) is 0.782. The van der Waals surface area contributed by atoms with E-state index < -0.39 is 0 Å². The van der Waals surface area contributed by atoms with E-state index in [2.05, 4.69) is 0 Å². The minimum absolute atomic E-state index is 0.181. The first kappa shape index (κ1) is 11.0. The first-order chi connectivity index (χ1) is 7.15. The number of benzene rings is 1. The Hall–Kier alpha value is -0.540. The number of hydrogen-bond donors (Lipinski definition) is 1. The van der Waals surface area contributed by atoms with E-state index in [1.165, 1.54) is 6.07 Å². The summed E-state index contributed by atoms with van der Waals surface area (Å²) in [6.07, 6.45) is 6.27. The molecule has 82 valence electrons. The SMILES string of the molecule is CSc1ccc(F)cc1C1(N)CCCC1. The van der Waals surface area contributed by atoms with Crippen LogP contribution in [-0.2, 0) is 5.54 Å². The first-order valence-corrected chi connectivity index (χ1v) is 6.51. The van der Waals surface area contributed by atoms with Gasteiger partial charge in [-0.05, 0) is 42.9 Å². The summed E-state index contributed by atoms with van der Waals surface area (Å²) in [5.41, 5.74) is 7.05. The second kappa shape index (κ2) is 4.14. The van der Waals surface area contributed by atoms with Crippen LogP contribution in [0.2, 0.25) is 0 Å². The van der Waals surface area contributed by atoms with E-state index in [4.69, 9.17) is 5.73 Å². The van der Waals surface area contributed by atoms with E-state index >= 15 is 0 Å². The summed E-state index contributed by atoms with van der Waals surface area (Å²) in [4.78, 5) is 1.11. The van der Waals surface area contributed by atoms with E-state index in [1.54, 1.807) is 17.8 Å². The van der Waals surface area contributed by atoms with Gasteiger partial charge in [-0.3, -0.25) is 0 Å². The summed E-state index contributed by atoms with van der Waals surface area (Å²) in [7, 11) is 0. The molecule has 1 nitrogen and oxygen atoms in total. The Labute approximate surface area is 94.2 Å². The maximum absolute atomic E-state index is 13.2. The van der Waals surface area contributed by atoms with Gasteiger partial charge >= 0.3 is 0 Å². The highest BCUT2D eigenvalue weighted by atomic mass is 32.2. The standard InChI is InChI=1S/C12H16FNS/c1-15-11-5-4-9(13)8-10(11)12(14)6-2-3-7-12/h4-5,8H,2-3,6-7,14H2,1H3. The van der Waals surface area contributed by atoms with Gasteiger partial charge in [-0.25, -0.2) is 4.39 Å². The summed E-state index contributed by atoms with van der Waals surface area (Å²) in [5, 5.41) is 0. The molecule has 2 N–H and O–H groups in total. The number of nitrogens with two attached hydrogens (primary N) is 1. The van der Waals surface area contributed by atoms with Gasteiger partial charge in [0.05, 0.1) is 0 Å². The average Bonchev–Trinajstić information content (AvgIpc) is 2.66. The van der Waals surface area contributed by atoms with Crippen molar-refractivity contribution in [3.05, 3.63) is 29.6 Å². The fraction of sp³-hybridized carbons (Fsp3) is 0.500. The maximum atomic E-state index is 13.2. The molecule has 0 amide bonds. The number of halogens is 1. The molecule has 1 aliphatic rings. The van der Waals surface area contributed by atoms with Crippen molar-refractivity contribution < 1.29 is 4.39 Å². The second-order valence-electron chi connectivity index (χ2n) is 4.21. The van der Waals surface area contributed by atoms with Crippen molar-refractivity contribution in [3.8, 4) is 0 Å². The van der Waals surface area contributed by atoms with Gasteiger partial charge in [-0.2, -0.15) is 0 Å². The van der Waals surface area contributed by atoms with Crippen molar-refractivity contribution in [2.75, 3.05) is 6.26 Å². The molecule has 2 rings (SSSR count). The minimum atomic E-state index is -0.291. The Bertz CT molecular complexity index is 359. The summed E-state index contributed by atoms with van der Waals surface area (Å²) in [6.45, 7) is 0. The van der Waals surface area contributed by atoms with Crippen LogP contribution in [0.4, 0.5) is 4.39 Å². The number of rotatable bonds is 2. The zero-order chi connectivity index (χ0) is 10.9. The van der Waals surface area contributed by atoms with Crippen molar-refractivity contribution in [2.24, 2.45) is 5.73 Å². The van der Waals surface area contributed by atoms with Gasteiger partial charge < -0.3 is 5.73 Å². The van der Waals surface area contributed by atoms with Gasteiger partial charge in [0.2, 0.25) is 0 Å². The van der Waals surface area contributed by atoms with Crippen molar-refractivity contribution in [3.63, 3.8) is 0 Å². The monoisotopic (exact) mass is 225 g/mol. The topological polar surface area (TPSA) is 26.0 Å². The van der Waals surface area contributed by atoms with E-state index in [1.807, 2.05) is 12.3 Å².